The van der Waals surface area contributed by atoms with Gasteiger partial charge in [-0.25, -0.2) is 9.18 Å². The molecule has 1 aliphatic heterocycles. The zero-order valence-electron chi connectivity index (χ0n) is 23.1. The van der Waals surface area contributed by atoms with E-state index in [-0.39, 0.29) is 31.7 Å². The van der Waals surface area contributed by atoms with Crippen LogP contribution in [0.15, 0.2) is 40.9 Å². The lowest BCUT2D eigenvalue weighted by Crippen LogP contribution is -2.55. The van der Waals surface area contributed by atoms with Gasteiger partial charge in [0.15, 0.2) is 22.9 Å². The highest BCUT2D eigenvalue weighted by atomic mass is 19.1. The molecule has 1 saturated heterocycles. The quantitative estimate of drug-likeness (QED) is 0.148. The molecule has 0 saturated carbocycles. The van der Waals surface area contributed by atoms with Crippen molar-refractivity contribution < 1.29 is 37.2 Å². The summed E-state index contributed by atoms with van der Waals surface area (Å²) in [7, 11) is 1.55. The number of Topliss-reactive ketones (excluding diaryl/α,β-unsaturated/α-hetero) is 1. The number of rotatable bonds is 11. The van der Waals surface area contributed by atoms with Crippen molar-refractivity contribution in [3.63, 3.8) is 0 Å². The third kappa shape index (κ3) is 7.26. The fraction of sp³-hybridized carbons (Fsp3) is 0.448. The number of carbonyl (C=O) groups excluding carboxylic acids is 2. The molecule has 0 radical (unpaired) electrons. The van der Waals surface area contributed by atoms with Gasteiger partial charge in [0.05, 0.1) is 39.0 Å². The molecular formula is C29H38FN3O6. The van der Waals surface area contributed by atoms with Crippen molar-refractivity contribution in [2.24, 2.45) is 0 Å². The molecule has 0 spiro atoms. The van der Waals surface area contributed by atoms with Gasteiger partial charge in [0.25, 0.3) is 0 Å². The fourth-order valence-corrected chi connectivity index (χ4v) is 5.01. The monoisotopic (exact) mass is 543 g/mol. The van der Waals surface area contributed by atoms with Crippen LogP contribution in [-0.2, 0) is 4.74 Å². The number of likely N-dealkylation sites (tertiary alicyclic amines) is 1. The van der Waals surface area contributed by atoms with Gasteiger partial charge in [-0.3, -0.25) is 9.28 Å². The Morgan fingerprint density at radius 3 is 2.62 bits per heavy atom. The Bertz CT molecular complexity index is 1270. The van der Waals surface area contributed by atoms with E-state index in [4.69, 9.17) is 18.7 Å². The van der Waals surface area contributed by atoms with Crippen molar-refractivity contribution in [3.05, 3.63) is 60.9 Å². The summed E-state index contributed by atoms with van der Waals surface area (Å²) < 4.78 is 36.5. The number of carbonyl (C=O) groups is 2. The van der Waals surface area contributed by atoms with Gasteiger partial charge in [-0.2, -0.15) is 0 Å². The minimum absolute atomic E-state index is 0. The second-order valence-corrected chi connectivity index (χ2v) is 9.71. The van der Waals surface area contributed by atoms with Gasteiger partial charge in [-0.05, 0) is 44.2 Å². The van der Waals surface area contributed by atoms with Gasteiger partial charge < -0.3 is 31.5 Å². The molecule has 2 heterocycles. The summed E-state index contributed by atoms with van der Waals surface area (Å²) in [4.78, 5) is 23.7. The summed E-state index contributed by atoms with van der Waals surface area (Å²) in [5.41, 5.74) is 1.87. The van der Waals surface area contributed by atoms with Crippen molar-refractivity contribution in [1.82, 2.24) is 10.5 Å². The topological polar surface area (TPSA) is 99.9 Å². The molecule has 1 amide bonds. The van der Waals surface area contributed by atoms with Crippen molar-refractivity contribution in [1.29, 1.82) is 0 Å². The van der Waals surface area contributed by atoms with Crippen LogP contribution in [0.1, 0.15) is 55.1 Å². The molecule has 10 heteroatoms. The highest BCUT2D eigenvalue weighted by Crippen LogP contribution is 2.35. The molecule has 212 valence electrons. The molecule has 1 aliphatic rings. The lowest BCUT2D eigenvalue weighted by molar-refractivity contribution is -0.948. The van der Waals surface area contributed by atoms with Crippen molar-refractivity contribution in [3.8, 4) is 11.5 Å². The Hall–Kier alpha value is -3.66. The summed E-state index contributed by atoms with van der Waals surface area (Å²) in [6.45, 7) is 6.89. The van der Waals surface area contributed by atoms with Crippen molar-refractivity contribution >= 4 is 22.8 Å². The predicted octanol–water partition coefficient (Wildman–Crippen LogP) is 5.50. The molecule has 0 bridgehead atoms. The summed E-state index contributed by atoms with van der Waals surface area (Å²) in [5, 5.41) is 7.78. The largest absolute Gasteiger partial charge is 0.493 e. The van der Waals surface area contributed by atoms with E-state index < -0.39 is 6.09 Å². The molecule has 4 rings (SSSR count). The summed E-state index contributed by atoms with van der Waals surface area (Å²) >= 11 is 0. The van der Waals surface area contributed by atoms with E-state index in [0.717, 1.165) is 50.0 Å². The van der Waals surface area contributed by atoms with E-state index >= 15 is 0 Å². The summed E-state index contributed by atoms with van der Waals surface area (Å²) in [6, 6.07) is 9.66. The average molecular weight is 544 g/mol. The number of fused-ring (bicyclic) bond motifs is 1. The van der Waals surface area contributed by atoms with Crippen molar-refractivity contribution in [2.45, 2.75) is 39.0 Å². The maximum atomic E-state index is 13.6. The minimum atomic E-state index is -0.428. The molecule has 1 aromatic heterocycles. The first-order valence-electron chi connectivity index (χ1n) is 13.0. The van der Waals surface area contributed by atoms with Gasteiger partial charge in [-0.15, -0.1) is 0 Å². The molecule has 1 N–H and O–H groups in total. The number of aromatic nitrogens is 1. The molecule has 2 aromatic carbocycles. The molecule has 1 fully saturated rings. The van der Waals surface area contributed by atoms with Crippen LogP contribution < -0.4 is 14.8 Å². The standard InChI is InChI=1S/C28H34FN3O6.CH3/c1-4-30-28(34)37-18-32(12-5-15-36-24-9-6-21(19(2)33)16-26(24)35-3)13-10-20(11-14-32)27-23-8-7-22(29)17-25(23)38-31-27;/h6-9,16-17,20H,4-5,10-15,18H2,1-3H3;1H3/q;-1/p+1. The number of ether oxygens (including phenoxy) is 3. The number of piperidine rings is 1. The van der Waals surface area contributed by atoms with Gasteiger partial charge in [-0.1, -0.05) is 5.16 Å². The number of alkyl carbamates (subject to hydrolysis) is 1. The van der Waals surface area contributed by atoms with Gasteiger partial charge >= 0.3 is 6.09 Å². The number of methoxy groups -OCH3 is 1. The molecule has 0 atom stereocenters. The van der Waals surface area contributed by atoms with Crippen LogP contribution in [0.2, 0.25) is 0 Å². The number of nitrogens with zero attached hydrogens (tertiary/aromatic N) is 2. The maximum Gasteiger partial charge on any atom is 0.411 e. The van der Waals surface area contributed by atoms with E-state index in [2.05, 4.69) is 10.5 Å². The van der Waals surface area contributed by atoms with Crippen LogP contribution in [0, 0.1) is 13.2 Å². The Balaban J connectivity index is 0.00000420. The number of hydrogen-bond donors (Lipinski definition) is 1. The van der Waals surface area contributed by atoms with Crippen LogP contribution in [0.5, 0.6) is 11.5 Å². The predicted molar refractivity (Wildman–Crippen MR) is 145 cm³/mol. The van der Waals surface area contributed by atoms with Gasteiger partial charge in [0.1, 0.15) is 5.82 Å². The number of nitrogens with one attached hydrogen (secondary N) is 1. The molecule has 9 nitrogen and oxygen atoms in total. The molecular weight excluding hydrogens is 505 g/mol. The number of halogens is 1. The van der Waals surface area contributed by atoms with E-state index in [1.165, 1.54) is 19.1 Å². The van der Waals surface area contributed by atoms with Crippen molar-refractivity contribution in [2.75, 3.05) is 46.6 Å². The van der Waals surface area contributed by atoms with Crippen LogP contribution in [0.4, 0.5) is 9.18 Å². The zero-order valence-corrected chi connectivity index (χ0v) is 23.1. The molecule has 0 aliphatic carbocycles. The summed E-state index contributed by atoms with van der Waals surface area (Å²) in [6.07, 6.45) is 1.97. The number of hydrogen-bond acceptors (Lipinski definition) is 7. The second-order valence-electron chi connectivity index (χ2n) is 9.71. The van der Waals surface area contributed by atoms with Crippen LogP contribution in [-0.4, -0.2) is 68.1 Å². The van der Waals surface area contributed by atoms with Crippen LogP contribution >= 0.6 is 0 Å². The van der Waals surface area contributed by atoms with E-state index in [1.807, 2.05) is 6.92 Å². The Labute approximate surface area is 228 Å². The first-order valence-corrected chi connectivity index (χ1v) is 13.0. The Kier molecular flexibility index (Phi) is 10.3. The lowest BCUT2D eigenvalue weighted by atomic mass is 9.90. The first kappa shape index (κ1) is 29.9. The molecule has 0 unspecified atom stereocenters. The first-order chi connectivity index (χ1) is 18.3. The number of ketones is 1. The van der Waals surface area contributed by atoms with Crippen LogP contribution in [0.25, 0.3) is 11.0 Å². The second kappa shape index (κ2) is 13.4. The molecule has 3 aromatic rings. The Morgan fingerprint density at radius 2 is 1.92 bits per heavy atom. The smallest absolute Gasteiger partial charge is 0.411 e. The minimum Gasteiger partial charge on any atom is -0.493 e. The number of amides is 1. The van der Waals surface area contributed by atoms with Gasteiger partial charge in [0, 0.05) is 48.7 Å². The zero-order chi connectivity index (χ0) is 27.1. The van der Waals surface area contributed by atoms with Crippen LogP contribution in [0.3, 0.4) is 0 Å². The van der Waals surface area contributed by atoms with E-state index in [9.17, 15) is 14.0 Å². The summed E-state index contributed by atoms with van der Waals surface area (Å²) in [5.74, 6) is 0.884. The highest BCUT2D eigenvalue weighted by Gasteiger charge is 2.37. The lowest BCUT2D eigenvalue weighted by Gasteiger charge is -2.42. The number of benzene rings is 2. The average Bonchev–Trinajstić information content (AvgIpc) is 3.33. The molecule has 39 heavy (non-hydrogen) atoms. The SMILES string of the molecule is CCNC(=O)OC[N+]1(CCCOc2ccc(C(C)=O)cc2OC)CCC(c2noc3cc(F)ccc23)CC1.[CH3-]. The third-order valence-corrected chi connectivity index (χ3v) is 7.15. The third-order valence-electron chi connectivity index (χ3n) is 7.15. The fourth-order valence-electron chi connectivity index (χ4n) is 5.01. The van der Waals surface area contributed by atoms with E-state index in [0.29, 0.717) is 40.3 Å². The highest BCUT2D eigenvalue weighted by molar-refractivity contribution is 5.94. The Morgan fingerprint density at radius 1 is 1.15 bits per heavy atom. The van der Waals surface area contributed by atoms with Gasteiger partial charge in [0.2, 0.25) is 6.73 Å². The maximum absolute atomic E-state index is 13.6. The van der Waals surface area contributed by atoms with E-state index in [1.54, 1.807) is 31.4 Å². The number of quaternary nitrogens is 1. The normalized spacial score (nSPS) is 18.7.